The molecule has 0 amide bonds. The average molecular weight is 334 g/mol. The first-order valence-electron chi connectivity index (χ1n) is 8.42. The van der Waals surface area contributed by atoms with Crippen LogP contribution in [-0.4, -0.2) is 12.3 Å². The predicted octanol–water partition coefficient (Wildman–Crippen LogP) is 5.31. The monoisotopic (exact) mass is 333 g/mol. The zero-order valence-electron chi connectivity index (χ0n) is 13.8. The first-order chi connectivity index (χ1) is 11.9. The third kappa shape index (κ3) is 4.08. The van der Waals surface area contributed by atoms with Crippen LogP contribution in [0.2, 0.25) is 0 Å². The lowest BCUT2D eigenvalue weighted by atomic mass is 9.85. The van der Waals surface area contributed by atoms with E-state index in [0.717, 1.165) is 18.7 Å². The molecule has 0 fully saturated rings. The lowest BCUT2D eigenvalue weighted by molar-refractivity contribution is 0.931. The minimum Gasteiger partial charge on any atom is -0.330 e. The Bertz CT molecular complexity index is 701. The summed E-state index contributed by atoms with van der Waals surface area (Å²) < 4.78 is 0. The smallest absolute Gasteiger partial charge is 0.0351 e. The van der Waals surface area contributed by atoms with Gasteiger partial charge in [0, 0.05) is 10.8 Å². The van der Waals surface area contributed by atoms with E-state index in [4.69, 9.17) is 5.73 Å². The summed E-state index contributed by atoms with van der Waals surface area (Å²) in [5.74, 6) is 1.32. The van der Waals surface area contributed by atoms with Crippen LogP contribution in [0.4, 0.5) is 0 Å². The minimum absolute atomic E-state index is 0.258. The van der Waals surface area contributed by atoms with Crippen LogP contribution in [0.15, 0.2) is 89.8 Å². The average Bonchev–Trinajstić information content (AvgIpc) is 2.65. The summed E-state index contributed by atoms with van der Waals surface area (Å²) in [6.45, 7) is 0.746. The number of rotatable bonds is 7. The van der Waals surface area contributed by atoms with Crippen LogP contribution in [0.5, 0.6) is 0 Å². The minimum atomic E-state index is 0.258. The maximum absolute atomic E-state index is 5.66. The SMILES string of the molecule is NCCCSc1ccccc1C(c1ccccc1)c1ccccc1. The summed E-state index contributed by atoms with van der Waals surface area (Å²) in [6, 6.07) is 30.3. The van der Waals surface area contributed by atoms with Gasteiger partial charge in [-0.05, 0) is 41.5 Å². The van der Waals surface area contributed by atoms with Crippen LogP contribution >= 0.6 is 11.8 Å². The van der Waals surface area contributed by atoms with Crippen molar-refractivity contribution in [2.24, 2.45) is 5.73 Å². The molecule has 0 atom stereocenters. The van der Waals surface area contributed by atoms with E-state index in [-0.39, 0.29) is 5.92 Å². The van der Waals surface area contributed by atoms with Gasteiger partial charge < -0.3 is 5.73 Å². The first kappa shape index (κ1) is 16.8. The molecule has 0 spiro atoms. The Hall–Kier alpha value is -2.03. The second-order valence-electron chi connectivity index (χ2n) is 5.78. The molecule has 24 heavy (non-hydrogen) atoms. The summed E-state index contributed by atoms with van der Waals surface area (Å²) in [6.07, 6.45) is 1.04. The van der Waals surface area contributed by atoms with E-state index >= 15 is 0 Å². The van der Waals surface area contributed by atoms with E-state index in [0.29, 0.717) is 0 Å². The van der Waals surface area contributed by atoms with Crippen LogP contribution in [0.1, 0.15) is 29.0 Å². The highest BCUT2D eigenvalue weighted by Gasteiger charge is 2.19. The molecule has 0 radical (unpaired) electrons. The highest BCUT2D eigenvalue weighted by molar-refractivity contribution is 7.99. The Morgan fingerprint density at radius 2 is 1.25 bits per heavy atom. The highest BCUT2D eigenvalue weighted by atomic mass is 32.2. The Morgan fingerprint density at radius 3 is 1.83 bits per heavy atom. The number of thioether (sulfide) groups is 1. The third-order valence-electron chi connectivity index (χ3n) is 4.10. The van der Waals surface area contributed by atoms with E-state index in [1.165, 1.54) is 21.6 Å². The first-order valence-corrected chi connectivity index (χ1v) is 9.40. The van der Waals surface area contributed by atoms with Crippen molar-refractivity contribution >= 4 is 11.8 Å². The number of hydrogen-bond acceptors (Lipinski definition) is 2. The normalized spacial score (nSPS) is 10.9. The topological polar surface area (TPSA) is 26.0 Å². The van der Waals surface area contributed by atoms with Gasteiger partial charge in [-0.2, -0.15) is 0 Å². The van der Waals surface area contributed by atoms with Gasteiger partial charge in [0.15, 0.2) is 0 Å². The molecule has 122 valence electrons. The molecule has 3 aromatic carbocycles. The molecule has 3 rings (SSSR count). The molecule has 0 saturated heterocycles. The quantitative estimate of drug-likeness (QED) is 0.360. The van der Waals surface area contributed by atoms with Crippen molar-refractivity contribution in [3.05, 3.63) is 102 Å². The molecular formula is C22H23NS. The maximum Gasteiger partial charge on any atom is 0.0351 e. The zero-order valence-corrected chi connectivity index (χ0v) is 14.6. The van der Waals surface area contributed by atoms with Crippen LogP contribution in [0, 0.1) is 0 Å². The summed E-state index contributed by atoms with van der Waals surface area (Å²) in [5, 5.41) is 0. The van der Waals surface area contributed by atoms with Gasteiger partial charge in [-0.3, -0.25) is 0 Å². The Morgan fingerprint density at radius 1 is 0.708 bits per heavy atom. The molecule has 0 aromatic heterocycles. The van der Waals surface area contributed by atoms with Crippen LogP contribution < -0.4 is 5.73 Å². The molecule has 0 heterocycles. The molecule has 0 bridgehead atoms. The van der Waals surface area contributed by atoms with Gasteiger partial charge in [-0.1, -0.05) is 78.9 Å². The van der Waals surface area contributed by atoms with Gasteiger partial charge in [-0.25, -0.2) is 0 Å². The summed E-state index contributed by atoms with van der Waals surface area (Å²) in [7, 11) is 0. The maximum atomic E-state index is 5.66. The van der Waals surface area contributed by atoms with Gasteiger partial charge in [-0.15, -0.1) is 11.8 Å². The van der Waals surface area contributed by atoms with Gasteiger partial charge in [0.25, 0.3) is 0 Å². The molecular weight excluding hydrogens is 310 g/mol. The molecule has 0 unspecified atom stereocenters. The molecule has 2 heteroatoms. The second kappa shape index (κ2) is 8.72. The molecule has 3 aromatic rings. The largest absolute Gasteiger partial charge is 0.330 e. The fourth-order valence-electron chi connectivity index (χ4n) is 2.96. The number of hydrogen-bond donors (Lipinski definition) is 1. The third-order valence-corrected chi connectivity index (χ3v) is 5.28. The van der Waals surface area contributed by atoms with Gasteiger partial charge in [0.05, 0.1) is 0 Å². The number of benzene rings is 3. The van der Waals surface area contributed by atoms with E-state index in [1.54, 1.807) is 0 Å². The van der Waals surface area contributed by atoms with Gasteiger partial charge in [0.2, 0.25) is 0 Å². The lowest BCUT2D eigenvalue weighted by Crippen LogP contribution is -2.05. The van der Waals surface area contributed by atoms with Crippen molar-refractivity contribution in [1.29, 1.82) is 0 Å². The summed E-state index contributed by atoms with van der Waals surface area (Å²) >= 11 is 1.91. The second-order valence-corrected chi connectivity index (χ2v) is 6.92. The van der Waals surface area contributed by atoms with Gasteiger partial charge in [0.1, 0.15) is 0 Å². The van der Waals surface area contributed by atoms with E-state index in [9.17, 15) is 0 Å². The Kier molecular flexibility index (Phi) is 6.11. The van der Waals surface area contributed by atoms with Crippen LogP contribution in [-0.2, 0) is 0 Å². The summed E-state index contributed by atoms with van der Waals surface area (Å²) in [5.41, 5.74) is 9.69. The molecule has 1 nitrogen and oxygen atoms in total. The Balaban J connectivity index is 2.04. The molecule has 2 N–H and O–H groups in total. The zero-order chi connectivity index (χ0) is 16.6. The van der Waals surface area contributed by atoms with Crippen LogP contribution in [0.25, 0.3) is 0 Å². The predicted molar refractivity (Wildman–Crippen MR) is 105 cm³/mol. The Labute approximate surface area is 148 Å². The standard InChI is InChI=1S/C22H23NS/c23-16-9-17-24-21-15-8-7-14-20(21)22(18-10-3-1-4-11-18)19-12-5-2-6-13-19/h1-8,10-15,22H,9,16-17,23H2. The number of nitrogens with two attached hydrogens (primary N) is 1. The van der Waals surface area contributed by atoms with Crippen LogP contribution in [0.3, 0.4) is 0 Å². The van der Waals surface area contributed by atoms with Crippen molar-refractivity contribution in [2.75, 3.05) is 12.3 Å². The van der Waals surface area contributed by atoms with E-state index in [1.807, 2.05) is 11.8 Å². The van der Waals surface area contributed by atoms with Gasteiger partial charge >= 0.3 is 0 Å². The van der Waals surface area contributed by atoms with Crippen molar-refractivity contribution in [2.45, 2.75) is 17.2 Å². The molecule has 0 aliphatic heterocycles. The highest BCUT2D eigenvalue weighted by Crippen LogP contribution is 2.37. The van der Waals surface area contributed by atoms with Crippen molar-refractivity contribution in [3.8, 4) is 0 Å². The molecule has 0 saturated carbocycles. The van der Waals surface area contributed by atoms with E-state index in [2.05, 4.69) is 84.9 Å². The van der Waals surface area contributed by atoms with Crippen molar-refractivity contribution in [3.63, 3.8) is 0 Å². The molecule has 0 aliphatic carbocycles. The van der Waals surface area contributed by atoms with Crippen molar-refractivity contribution in [1.82, 2.24) is 0 Å². The summed E-state index contributed by atoms with van der Waals surface area (Å²) in [4.78, 5) is 1.35. The molecule has 0 aliphatic rings. The fourth-order valence-corrected chi connectivity index (χ4v) is 4.02. The van der Waals surface area contributed by atoms with E-state index < -0.39 is 0 Å². The lowest BCUT2D eigenvalue weighted by Gasteiger charge is -2.21. The fraction of sp³-hybridized carbons (Fsp3) is 0.182. The van der Waals surface area contributed by atoms with Crippen molar-refractivity contribution < 1.29 is 0 Å².